The molecule has 0 radical (unpaired) electrons. The maximum atomic E-state index is 13.1. The molecule has 3 heteroatoms. The molecule has 0 aromatic carbocycles. The van der Waals surface area contributed by atoms with Crippen LogP contribution in [0.3, 0.4) is 0 Å². The quantitative estimate of drug-likeness (QED) is 0.785. The first-order valence-corrected chi connectivity index (χ1v) is 9.61. The predicted octanol–water partition coefficient (Wildman–Crippen LogP) is 3.62. The number of rotatable bonds is 5. The van der Waals surface area contributed by atoms with Gasteiger partial charge in [0, 0.05) is 17.8 Å². The molecule has 128 valence electrons. The Labute approximate surface area is 143 Å². The average molecular weight is 325 g/mol. The third-order valence-corrected chi connectivity index (χ3v) is 7.40. The minimum absolute atomic E-state index is 0.117. The number of carbonyl (C=O) groups is 1. The van der Waals surface area contributed by atoms with Crippen LogP contribution in [0.4, 0.5) is 0 Å². The molecule has 0 amide bonds. The molecule has 24 heavy (non-hydrogen) atoms. The van der Waals surface area contributed by atoms with Crippen molar-refractivity contribution in [1.29, 1.82) is 0 Å². The average Bonchev–Trinajstić information content (AvgIpc) is 3.23. The Balaban J connectivity index is 1.38. The minimum atomic E-state index is -0.538. The summed E-state index contributed by atoms with van der Waals surface area (Å²) in [5.41, 5.74) is 2.05. The molecule has 4 bridgehead atoms. The van der Waals surface area contributed by atoms with Gasteiger partial charge in [-0.15, -0.1) is 0 Å². The predicted molar refractivity (Wildman–Crippen MR) is 93.9 cm³/mol. The van der Waals surface area contributed by atoms with Gasteiger partial charge in [0.05, 0.1) is 5.60 Å². The molecular weight excluding hydrogens is 298 g/mol. The fourth-order valence-corrected chi connectivity index (χ4v) is 6.94. The number of carbonyl (C=O) groups excluding carboxylic acids is 1. The summed E-state index contributed by atoms with van der Waals surface area (Å²) in [6.45, 7) is 3.79. The first kappa shape index (κ1) is 15.1. The van der Waals surface area contributed by atoms with Crippen LogP contribution in [0.5, 0.6) is 0 Å². The molecule has 0 aromatic heterocycles. The number of fused-ring (bicyclic) bond motifs is 1. The zero-order chi connectivity index (χ0) is 16.5. The number of aliphatic imine (C=N–C) groups is 1. The summed E-state index contributed by atoms with van der Waals surface area (Å²) in [6, 6.07) is -0.318. The molecule has 6 aliphatic rings. The molecule has 4 fully saturated rings. The van der Waals surface area contributed by atoms with E-state index < -0.39 is 5.60 Å². The second-order valence-electron chi connectivity index (χ2n) is 9.39. The number of Topliss-reactive ketones (excluding diaryl/α,β-unsaturated/α-hetero) is 1. The Morgan fingerprint density at radius 3 is 2.71 bits per heavy atom. The van der Waals surface area contributed by atoms with Gasteiger partial charge in [0.15, 0.2) is 5.78 Å². The van der Waals surface area contributed by atoms with Crippen LogP contribution in [0.2, 0.25) is 0 Å². The summed E-state index contributed by atoms with van der Waals surface area (Å²) in [4.78, 5) is 17.5. The summed E-state index contributed by atoms with van der Waals surface area (Å²) in [6.07, 6.45) is 13.3. The van der Waals surface area contributed by atoms with Crippen molar-refractivity contribution in [2.45, 2.75) is 69.4 Å². The number of nitrogens with zero attached hydrogens (tertiary/aromatic N) is 1. The molecule has 0 spiro atoms. The fourth-order valence-electron chi connectivity index (χ4n) is 6.94. The number of hydrogen-bond acceptors (Lipinski definition) is 3. The molecule has 6 aliphatic carbocycles. The number of hydrogen-bond donors (Lipinski definition) is 1. The van der Waals surface area contributed by atoms with E-state index >= 15 is 0 Å². The van der Waals surface area contributed by atoms with Gasteiger partial charge in [-0.05, 0) is 75.5 Å². The Hall–Kier alpha value is -1.22. The molecule has 0 saturated heterocycles. The highest BCUT2D eigenvalue weighted by Gasteiger charge is 2.60. The molecule has 6 rings (SSSR count). The maximum Gasteiger partial charge on any atom is 0.161 e. The van der Waals surface area contributed by atoms with E-state index in [0.717, 1.165) is 38.5 Å². The summed E-state index contributed by atoms with van der Waals surface area (Å²) in [7, 11) is 0. The third-order valence-electron chi connectivity index (χ3n) is 7.40. The first-order chi connectivity index (χ1) is 11.5. The number of ketones is 1. The van der Waals surface area contributed by atoms with Crippen LogP contribution in [-0.2, 0) is 4.79 Å². The lowest BCUT2D eigenvalue weighted by Gasteiger charge is -2.61. The highest BCUT2D eigenvalue weighted by atomic mass is 16.3. The van der Waals surface area contributed by atoms with Crippen LogP contribution in [0, 0.1) is 23.2 Å². The monoisotopic (exact) mass is 325 g/mol. The third kappa shape index (κ3) is 2.28. The highest BCUT2D eigenvalue weighted by molar-refractivity contribution is 5.88. The molecule has 3 nitrogen and oxygen atoms in total. The Bertz CT molecular complexity index is 659. The second-order valence-corrected chi connectivity index (χ2v) is 9.39. The SMILES string of the molecule is C=NC(C(=O)CC1=CC2=C[C@H]2CC1)C12CC3CC(CC(O)(C3)C1)C2. The van der Waals surface area contributed by atoms with Gasteiger partial charge < -0.3 is 5.11 Å². The normalized spacial score (nSPS) is 46.0. The van der Waals surface area contributed by atoms with Gasteiger partial charge in [-0.2, -0.15) is 0 Å². The topological polar surface area (TPSA) is 49.7 Å². The van der Waals surface area contributed by atoms with Crippen LogP contribution in [0.15, 0.2) is 28.3 Å². The van der Waals surface area contributed by atoms with Crippen LogP contribution < -0.4 is 0 Å². The van der Waals surface area contributed by atoms with Crippen molar-refractivity contribution in [2.75, 3.05) is 0 Å². The second kappa shape index (κ2) is 4.91. The maximum absolute atomic E-state index is 13.1. The minimum Gasteiger partial charge on any atom is -0.390 e. The van der Waals surface area contributed by atoms with Crippen molar-refractivity contribution in [1.82, 2.24) is 0 Å². The van der Waals surface area contributed by atoms with Crippen LogP contribution in [0.25, 0.3) is 0 Å². The fraction of sp³-hybridized carbons (Fsp3) is 0.714. The van der Waals surface area contributed by atoms with E-state index in [0.29, 0.717) is 24.2 Å². The van der Waals surface area contributed by atoms with E-state index in [9.17, 15) is 9.90 Å². The highest BCUT2D eigenvalue weighted by Crippen LogP contribution is 2.63. The van der Waals surface area contributed by atoms with Crippen molar-refractivity contribution in [3.63, 3.8) is 0 Å². The zero-order valence-corrected chi connectivity index (χ0v) is 14.3. The molecule has 4 atom stereocenters. The number of aliphatic hydroxyl groups is 1. The van der Waals surface area contributed by atoms with E-state index in [1.54, 1.807) is 0 Å². The van der Waals surface area contributed by atoms with Gasteiger partial charge in [0.25, 0.3) is 0 Å². The Morgan fingerprint density at radius 1 is 1.33 bits per heavy atom. The zero-order valence-electron chi connectivity index (χ0n) is 14.3. The summed E-state index contributed by atoms with van der Waals surface area (Å²) in [5, 5.41) is 11.0. The summed E-state index contributed by atoms with van der Waals surface area (Å²) < 4.78 is 0. The molecule has 0 heterocycles. The first-order valence-electron chi connectivity index (χ1n) is 9.61. The molecular formula is C21H27NO2. The molecule has 3 unspecified atom stereocenters. The molecule has 4 saturated carbocycles. The van der Waals surface area contributed by atoms with Crippen molar-refractivity contribution in [3.8, 4) is 0 Å². The largest absolute Gasteiger partial charge is 0.390 e. The van der Waals surface area contributed by atoms with E-state index in [1.165, 1.54) is 24.0 Å². The lowest BCUT2D eigenvalue weighted by atomic mass is 9.46. The van der Waals surface area contributed by atoms with Crippen LogP contribution >= 0.6 is 0 Å². The van der Waals surface area contributed by atoms with Gasteiger partial charge in [0.1, 0.15) is 6.04 Å². The van der Waals surface area contributed by atoms with Crippen molar-refractivity contribution >= 4 is 12.5 Å². The lowest BCUT2D eigenvalue weighted by molar-refractivity contribution is -0.172. The lowest BCUT2D eigenvalue weighted by Crippen LogP contribution is -2.60. The van der Waals surface area contributed by atoms with Crippen molar-refractivity contribution < 1.29 is 9.90 Å². The molecule has 0 aliphatic heterocycles. The molecule has 0 aromatic rings. The van der Waals surface area contributed by atoms with Gasteiger partial charge in [-0.25, -0.2) is 0 Å². The Morgan fingerprint density at radius 2 is 2.08 bits per heavy atom. The molecule has 1 N–H and O–H groups in total. The summed E-state index contributed by atoms with van der Waals surface area (Å²) >= 11 is 0. The van der Waals surface area contributed by atoms with Crippen LogP contribution in [0.1, 0.15) is 57.8 Å². The van der Waals surface area contributed by atoms with Gasteiger partial charge in [0.2, 0.25) is 0 Å². The van der Waals surface area contributed by atoms with Crippen LogP contribution in [-0.4, -0.2) is 29.3 Å². The van der Waals surface area contributed by atoms with Gasteiger partial charge in [-0.1, -0.05) is 17.7 Å². The smallest absolute Gasteiger partial charge is 0.161 e. The Kier molecular flexibility index (Phi) is 3.08. The standard InChI is InChI=1S/C21H27NO2/c1-22-19(18(23)6-13-2-3-16-7-17(16)5-13)20-8-14-4-15(9-20)11-21(24,10-14)12-20/h5,7,14-16,19,24H,1-4,6,8-12H2/t14?,15?,16-,19?,20?,21?/m1/s1. The van der Waals surface area contributed by atoms with Crippen molar-refractivity contribution in [3.05, 3.63) is 23.3 Å². The van der Waals surface area contributed by atoms with E-state index in [-0.39, 0.29) is 17.2 Å². The van der Waals surface area contributed by atoms with Gasteiger partial charge in [-0.3, -0.25) is 9.79 Å². The van der Waals surface area contributed by atoms with Crippen molar-refractivity contribution in [2.24, 2.45) is 28.2 Å². The van der Waals surface area contributed by atoms with E-state index in [1.807, 2.05) is 0 Å². The van der Waals surface area contributed by atoms with E-state index in [4.69, 9.17) is 0 Å². The van der Waals surface area contributed by atoms with Gasteiger partial charge >= 0.3 is 0 Å². The van der Waals surface area contributed by atoms with E-state index in [2.05, 4.69) is 23.9 Å². The summed E-state index contributed by atoms with van der Waals surface area (Å²) in [5.74, 6) is 2.11. The number of allylic oxidation sites excluding steroid dienone is 4.